The van der Waals surface area contributed by atoms with E-state index in [-0.39, 0.29) is 31.1 Å². The Hall–Kier alpha value is -1.59. The molecule has 0 N–H and O–H groups in total. The summed E-state index contributed by atoms with van der Waals surface area (Å²) in [5, 5.41) is 0. The number of esters is 3. The second-order valence-corrected chi connectivity index (χ2v) is 18.9. The van der Waals surface area contributed by atoms with Crippen LogP contribution in [0.25, 0.3) is 0 Å². The second-order valence-electron chi connectivity index (χ2n) is 18.9. The van der Waals surface area contributed by atoms with Crippen molar-refractivity contribution in [2.75, 3.05) is 13.2 Å². The SMILES string of the molecule is CC(C)CCCCCCCCCCCCCC(=O)OC[C@@H](COC(=O)CCCCCCCCCCCCC(C)C)OC(=O)CCCCCCCCCCCC(C)C. The zero-order chi connectivity index (χ0) is 42.0. The molecular formula is C51H98O6. The topological polar surface area (TPSA) is 78.9 Å². The summed E-state index contributed by atoms with van der Waals surface area (Å²) in [5.74, 6) is 1.60. The lowest BCUT2D eigenvalue weighted by Crippen LogP contribution is -2.30. The first-order chi connectivity index (χ1) is 27.6. The van der Waals surface area contributed by atoms with E-state index >= 15 is 0 Å². The van der Waals surface area contributed by atoms with Crippen LogP contribution >= 0.6 is 0 Å². The lowest BCUT2D eigenvalue weighted by molar-refractivity contribution is -0.167. The Kier molecular flexibility index (Phi) is 41.3. The molecule has 0 saturated heterocycles. The minimum atomic E-state index is -0.762. The summed E-state index contributed by atoms with van der Waals surface area (Å²) in [7, 11) is 0. The fourth-order valence-corrected chi connectivity index (χ4v) is 7.59. The lowest BCUT2D eigenvalue weighted by atomic mass is 10.0. The average Bonchev–Trinajstić information content (AvgIpc) is 3.16. The molecule has 0 fully saturated rings. The minimum Gasteiger partial charge on any atom is -0.462 e. The third-order valence-corrected chi connectivity index (χ3v) is 11.4. The van der Waals surface area contributed by atoms with Crippen molar-refractivity contribution in [3.63, 3.8) is 0 Å². The molecule has 0 aliphatic rings. The van der Waals surface area contributed by atoms with E-state index in [2.05, 4.69) is 41.5 Å². The summed E-state index contributed by atoms with van der Waals surface area (Å²) in [5.41, 5.74) is 0. The fraction of sp³-hybridized carbons (Fsp3) is 0.941. The summed E-state index contributed by atoms with van der Waals surface area (Å²) < 4.78 is 16.8. The van der Waals surface area contributed by atoms with Gasteiger partial charge in [0.15, 0.2) is 6.10 Å². The molecule has 0 rings (SSSR count). The van der Waals surface area contributed by atoms with Gasteiger partial charge in [-0.1, -0.05) is 234 Å². The van der Waals surface area contributed by atoms with Crippen molar-refractivity contribution in [1.82, 2.24) is 0 Å². The molecule has 0 saturated carbocycles. The summed E-state index contributed by atoms with van der Waals surface area (Å²) in [6.45, 7) is 13.7. The van der Waals surface area contributed by atoms with E-state index in [4.69, 9.17) is 14.2 Å². The zero-order valence-electron chi connectivity index (χ0n) is 39.1. The molecule has 0 aromatic rings. The van der Waals surface area contributed by atoms with Gasteiger partial charge in [0, 0.05) is 19.3 Å². The largest absolute Gasteiger partial charge is 0.462 e. The molecule has 0 aromatic carbocycles. The molecule has 57 heavy (non-hydrogen) atoms. The molecule has 6 heteroatoms. The Labute approximate surface area is 355 Å². The summed E-state index contributed by atoms with van der Waals surface area (Å²) in [6.07, 6.45) is 40.9. The highest BCUT2D eigenvalue weighted by atomic mass is 16.6. The molecular weight excluding hydrogens is 709 g/mol. The maximum absolute atomic E-state index is 12.8. The van der Waals surface area contributed by atoms with Crippen LogP contribution in [0.2, 0.25) is 0 Å². The van der Waals surface area contributed by atoms with E-state index in [1.165, 1.54) is 154 Å². The second kappa shape index (κ2) is 42.5. The number of carbonyl (C=O) groups is 3. The third-order valence-electron chi connectivity index (χ3n) is 11.4. The highest BCUT2D eigenvalue weighted by Crippen LogP contribution is 2.17. The first kappa shape index (κ1) is 55.4. The first-order valence-electron chi connectivity index (χ1n) is 25.1. The molecule has 0 amide bonds. The van der Waals surface area contributed by atoms with E-state index in [9.17, 15) is 14.4 Å². The average molecular weight is 807 g/mol. The summed E-state index contributed by atoms with van der Waals surface area (Å²) in [6, 6.07) is 0. The number of carbonyl (C=O) groups excluding carboxylic acids is 3. The Morgan fingerprint density at radius 2 is 0.509 bits per heavy atom. The van der Waals surface area contributed by atoms with Crippen LogP contribution in [-0.4, -0.2) is 37.2 Å². The molecule has 0 aromatic heterocycles. The van der Waals surface area contributed by atoms with Crippen LogP contribution in [-0.2, 0) is 28.6 Å². The molecule has 1 atom stereocenters. The predicted octanol–water partition coefficient (Wildman–Crippen LogP) is 16.0. The van der Waals surface area contributed by atoms with Crippen molar-refractivity contribution in [3.05, 3.63) is 0 Å². The smallest absolute Gasteiger partial charge is 0.306 e. The van der Waals surface area contributed by atoms with Gasteiger partial charge >= 0.3 is 17.9 Å². The Bertz CT molecular complexity index is 883. The molecule has 0 aliphatic heterocycles. The van der Waals surface area contributed by atoms with E-state index < -0.39 is 6.10 Å². The van der Waals surface area contributed by atoms with Crippen molar-refractivity contribution >= 4 is 17.9 Å². The maximum atomic E-state index is 12.8. The zero-order valence-corrected chi connectivity index (χ0v) is 39.1. The van der Waals surface area contributed by atoms with E-state index in [0.29, 0.717) is 19.3 Å². The van der Waals surface area contributed by atoms with Gasteiger partial charge in [0.1, 0.15) is 13.2 Å². The quantitative estimate of drug-likeness (QED) is 0.0347. The van der Waals surface area contributed by atoms with Gasteiger partial charge < -0.3 is 14.2 Å². The van der Waals surface area contributed by atoms with Crippen molar-refractivity contribution < 1.29 is 28.6 Å². The number of rotatable bonds is 44. The normalized spacial score (nSPS) is 12.2. The van der Waals surface area contributed by atoms with Crippen LogP contribution in [0.4, 0.5) is 0 Å². The monoisotopic (exact) mass is 807 g/mol. The van der Waals surface area contributed by atoms with E-state index in [1.807, 2.05) is 0 Å². The van der Waals surface area contributed by atoms with Crippen molar-refractivity contribution in [2.24, 2.45) is 17.8 Å². The van der Waals surface area contributed by atoms with Gasteiger partial charge in [0.25, 0.3) is 0 Å². The van der Waals surface area contributed by atoms with Crippen LogP contribution in [0.3, 0.4) is 0 Å². The molecule has 0 spiro atoms. The molecule has 0 bridgehead atoms. The number of hydrogen-bond acceptors (Lipinski definition) is 6. The predicted molar refractivity (Wildman–Crippen MR) is 243 cm³/mol. The number of ether oxygens (including phenoxy) is 3. The molecule has 0 unspecified atom stereocenters. The van der Waals surface area contributed by atoms with Crippen LogP contribution in [0.15, 0.2) is 0 Å². The molecule has 6 nitrogen and oxygen atoms in total. The fourth-order valence-electron chi connectivity index (χ4n) is 7.59. The maximum Gasteiger partial charge on any atom is 0.306 e. The standard InChI is InChI=1S/C51H98O6/c1-45(2)37-31-25-19-13-8-7-9-16-22-28-34-40-49(52)55-43-48(57-51(54)42-36-30-24-18-12-15-21-27-33-39-47(5)6)44-56-50(53)41-35-29-23-17-11-10-14-20-26-32-38-46(3)4/h45-48H,7-44H2,1-6H3/t48-/m0/s1. The Morgan fingerprint density at radius 3 is 0.754 bits per heavy atom. The van der Waals surface area contributed by atoms with Gasteiger partial charge in [-0.25, -0.2) is 0 Å². The molecule has 338 valence electrons. The van der Waals surface area contributed by atoms with Gasteiger partial charge in [0.2, 0.25) is 0 Å². The van der Waals surface area contributed by atoms with Crippen LogP contribution < -0.4 is 0 Å². The van der Waals surface area contributed by atoms with Gasteiger partial charge in [-0.2, -0.15) is 0 Å². The first-order valence-corrected chi connectivity index (χ1v) is 25.1. The van der Waals surface area contributed by atoms with E-state index in [1.54, 1.807) is 0 Å². The molecule has 0 heterocycles. The van der Waals surface area contributed by atoms with Gasteiger partial charge in [-0.05, 0) is 37.0 Å². The number of hydrogen-bond donors (Lipinski definition) is 0. The van der Waals surface area contributed by atoms with Crippen molar-refractivity contribution in [1.29, 1.82) is 0 Å². The third kappa shape index (κ3) is 45.3. The molecule has 0 aliphatic carbocycles. The Morgan fingerprint density at radius 1 is 0.298 bits per heavy atom. The highest BCUT2D eigenvalue weighted by Gasteiger charge is 2.19. The van der Waals surface area contributed by atoms with Crippen LogP contribution in [0, 0.1) is 17.8 Å². The summed E-state index contributed by atoms with van der Waals surface area (Å²) in [4.78, 5) is 37.9. The van der Waals surface area contributed by atoms with Gasteiger partial charge in [-0.15, -0.1) is 0 Å². The lowest BCUT2D eigenvalue weighted by Gasteiger charge is -2.18. The van der Waals surface area contributed by atoms with Crippen LogP contribution in [0.5, 0.6) is 0 Å². The minimum absolute atomic E-state index is 0.0653. The van der Waals surface area contributed by atoms with E-state index in [0.717, 1.165) is 75.5 Å². The summed E-state index contributed by atoms with van der Waals surface area (Å²) >= 11 is 0. The van der Waals surface area contributed by atoms with Crippen molar-refractivity contribution in [3.8, 4) is 0 Å². The number of unbranched alkanes of at least 4 members (excludes halogenated alkanes) is 27. The highest BCUT2D eigenvalue weighted by molar-refractivity contribution is 5.71. The Balaban J connectivity index is 4.33. The molecule has 0 radical (unpaired) electrons. The van der Waals surface area contributed by atoms with Crippen LogP contribution in [0.1, 0.15) is 273 Å². The van der Waals surface area contributed by atoms with Crippen molar-refractivity contribution in [2.45, 2.75) is 279 Å². The van der Waals surface area contributed by atoms with Gasteiger partial charge in [0.05, 0.1) is 0 Å². The van der Waals surface area contributed by atoms with Gasteiger partial charge in [-0.3, -0.25) is 14.4 Å².